The minimum atomic E-state index is 0.145. The molecule has 0 saturated heterocycles. The first-order chi connectivity index (χ1) is 9.06. The van der Waals surface area contributed by atoms with Crippen molar-refractivity contribution in [2.45, 2.75) is 52.6 Å². The summed E-state index contributed by atoms with van der Waals surface area (Å²) >= 11 is 0. The van der Waals surface area contributed by atoms with Gasteiger partial charge in [-0.1, -0.05) is 19.4 Å². The second kappa shape index (κ2) is 5.72. The molecule has 1 aromatic carbocycles. The van der Waals surface area contributed by atoms with E-state index in [0.717, 1.165) is 23.7 Å². The molecule has 0 atom stereocenters. The van der Waals surface area contributed by atoms with Crippen molar-refractivity contribution in [3.05, 3.63) is 18.2 Å². The Morgan fingerprint density at radius 1 is 1.37 bits per heavy atom. The quantitative estimate of drug-likeness (QED) is 0.760. The lowest BCUT2D eigenvalue weighted by atomic mass is 9.67. The topological polar surface area (TPSA) is 47.3 Å². The van der Waals surface area contributed by atoms with Crippen molar-refractivity contribution in [2.75, 3.05) is 17.6 Å². The predicted molar refractivity (Wildman–Crippen MR) is 81.7 cm³/mol. The van der Waals surface area contributed by atoms with Crippen LogP contribution < -0.4 is 15.8 Å². The van der Waals surface area contributed by atoms with E-state index in [2.05, 4.69) is 12.2 Å². The second-order valence-electron chi connectivity index (χ2n) is 5.94. The largest absolute Gasteiger partial charge is 0.489 e. The third-order valence-electron chi connectivity index (χ3n) is 4.25. The van der Waals surface area contributed by atoms with Crippen LogP contribution in [0, 0.1) is 5.41 Å². The second-order valence-corrected chi connectivity index (χ2v) is 5.94. The van der Waals surface area contributed by atoms with Gasteiger partial charge in [-0.3, -0.25) is 0 Å². The van der Waals surface area contributed by atoms with Gasteiger partial charge in [0.15, 0.2) is 0 Å². The summed E-state index contributed by atoms with van der Waals surface area (Å²) in [4.78, 5) is 0. The van der Waals surface area contributed by atoms with Gasteiger partial charge < -0.3 is 15.8 Å². The standard InChI is InChI=1S/C16H26N2O/c1-4-16(9-6-10-16)11-18-13-7-5-8-14(15(13)17)19-12(2)3/h5,7-8,12,18H,4,6,9-11,17H2,1-3H3. The van der Waals surface area contributed by atoms with Crippen molar-refractivity contribution in [1.29, 1.82) is 0 Å². The van der Waals surface area contributed by atoms with E-state index in [1.807, 2.05) is 32.0 Å². The van der Waals surface area contributed by atoms with Gasteiger partial charge in [-0.25, -0.2) is 0 Å². The average Bonchev–Trinajstić information content (AvgIpc) is 2.32. The number of para-hydroxylation sites is 1. The van der Waals surface area contributed by atoms with Gasteiger partial charge in [0.1, 0.15) is 5.75 Å². The molecule has 1 aliphatic rings. The summed E-state index contributed by atoms with van der Waals surface area (Å²) in [5.41, 5.74) is 8.38. The molecular weight excluding hydrogens is 236 g/mol. The number of rotatable bonds is 6. The SMILES string of the molecule is CCC1(CNc2cccc(OC(C)C)c2N)CCC1. The van der Waals surface area contributed by atoms with Crippen LogP contribution in [0.4, 0.5) is 11.4 Å². The van der Waals surface area contributed by atoms with Crippen LogP contribution in [-0.4, -0.2) is 12.6 Å². The Morgan fingerprint density at radius 3 is 2.63 bits per heavy atom. The van der Waals surface area contributed by atoms with E-state index in [9.17, 15) is 0 Å². The molecule has 2 rings (SSSR count). The third kappa shape index (κ3) is 3.14. The highest BCUT2D eigenvalue weighted by molar-refractivity contribution is 5.73. The van der Waals surface area contributed by atoms with Gasteiger partial charge in [-0.05, 0) is 50.7 Å². The molecule has 3 heteroatoms. The summed E-state index contributed by atoms with van der Waals surface area (Å²) in [5, 5.41) is 3.52. The summed E-state index contributed by atoms with van der Waals surface area (Å²) in [5.74, 6) is 0.777. The maximum atomic E-state index is 6.17. The lowest BCUT2D eigenvalue weighted by Gasteiger charge is -2.41. The van der Waals surface area contributed by atoms with Crippen molar-refractivity contribution < 1.29 is 4.74 Å². The fourth-order valence-electron chi connectivity index (χ4n) is 2.67. The van der Waals surface area contributed by atoms with E-state index in [4.69, 9.17) is 10.5 Å². The monoisotopic (exact) mass is 262 g/mol. The van der Waals surface area contributed by atoms with Crippen molar-refractivity contribution in [2.24, 2.45) is 5.41 Å². The van der Waals surface area contributed by atoms with Crippen LogP contribution in [0.25, 0.3) is 0 Å². The molecule has 3 N–H and O–H groups in total. The summed E-state index contributed by atoms with van der Waals surface area (Å²) < 4.78 is 5.72. The number of benzene rings is 1. The van der Waals surface area contributed by atoms with Crippen LogP contribution in [-0.2, 0) is 0 Å². The Labute approximate surface area is 116 Å². The van der Waals surface area contributed by atoms with Crippen LogP contribution in [0.2, 0.25) is 0 Å². The van der Waals surface area contributed by atoms with Gasteiger partial charge in [0, 0.05) is 6.54 Å². The van der Waals surface area contributed by atoms with Crippen molar-refractivity contribution >= 4 is 11.4 Å². The van der Waals surface area contributed by atoms with Crippen LogP contribution >= 0.6 is 0 Å². The summed E-state index contributed by atoms with van der Waals surface area (Å²) in [6.45, 7) is 7.32. The molecule has 19 heavy (non-hydrogen) atoms. The summed E-state index contributed by atoms with van der Waals surface area (Å²) in [6, 6.07) is 5.96. The maximum Gasteiger partial charge on any atom is 0.144 e. The van der Waals surface area contributed by atoms with Gasteiger partial charge in [0.2, 0.25) is 0 Å². The highest BCUT2D eigenvalue weighted by Crippen LogP contribution is 2.44. The maximum absolute atomic E-state index is 6.17. The first-order valence-electron chi connectivity index (χ1n) is 7.35. The lowest BCUT2D eigenvalue weighted by Crippen LogP contribution is -2.36. The number of anilines is 2. The molecule has 3 nitrogen and oxygen atoms in total. The molecule has 0 spiro atoms. The average molecular weight is 262 g/mol. The zero-order valence-electron chi connectivity index (χ0n) is 12.3. The molecule has 0 aromatic heterocycles. The number of hydrogen-bond acceptors (Lipinski definition) is 3. The van der Waals surface area contributed by atoms with E-state index in [1.54, 1.807) is 0 Å². The number of hydrogen-bond donors (Lipinski definition) is 2. The van der Waals surface area contributed by atoms with E-state index in [-0.39, 0.29) is 6.10 Å². The predicted octanol–water partition coefficient (Wildman–Crippen LogP) is 4.05. The summed E-state index contributed by atoms with van der Waals surface area (Å²) in [6.07, 6.45) is 5.41. The van der Waals surface area contributed by atoms with Crippen LogP contribution in [0.5, 0.6) is 5.75 Å². The zero-order valence-corrected chi connectivity index (χ0v) is 12.3. The van der Waals surface area contributed by atoms with Crippen LogP contribution in [0.1, 0.15) is 46.5 Å². The molecule has 0 aliphatic heterocycles. The molecule has 1 aliphatic carbocycles. The van der Waals surface area contributed by atoms with Gasteiger partial charge >= 0.3 is 0 Å². The Morgan fingerprint density at radius 2 is 2.11 bits per heavy atom. The number of ether oxygens (including phenoxy) is 1. The molecular formula is C16H26N2O. The molecule has 0 heterocycles. The first kappa shape index (κ1) is 14.0. The molecule has 0 amide bonds. The zero-order chi connectivity index (χ0) is 13.9. The lowest BCUT2D eigenvalue weighted by molar-refractivity contribution is 0.145. The molecule has 0 unspecified atom stereocenters. The van der Waals surface area contributed by atoms with Crippen molar-refractivity contribution in [3.63, 3.8) is 0 Å². The highest BCUT2D eigenvalue weighted by atomic mass is 16.5. The third-order valence-corrected chi connectivity index (χ3v) is 4.25. The van der Waals surface area contributed by atoms with E-state index in [0.29, 0.717) is 5.41 Å². The Bertz CT molecular complexity index is 419. The number of nitrogens with two attached hydrogens (primary N) is 1. The van der Waals surface area contributed by atoms with Gasteiger partial charge in [0.25, 0.3) is 0 Å². The van der Waals surface area contributed by atoms with Gasteiger partial charge in [-0.15, -0.1) is 0 Å². The van der Waals surface area contributed by atoms with Crippen molar-refractivity contribution in [3.8, 4) is 5.75 Å². The first-order valence-corrected chi connectivity index (χ1v) is 7.35. The van der Waals surface area contributed by atoms with Gasteiger partial charge in [-0.2, -0.15) is 0 Å². The smallest absolute Gasteiger partial charge is 0.144 e. The highest BCUT2D eigenvalue weighted by Gasteiger charge is 2.34. The fourth-order valence-corrected chi connectivity index (χ4v) is 2.67. The van der Waals surface area contributed by atoms with E-state index >= 15 is 0 Å². The minimum absolute atomic E-state index is 0.145. The Balaban J connectivity index is 2.04. The summed E-state index contributed by atoms with van der Waals surface area (Å²) in [7, 11) is 0. The van der Waals surface area contributed by atoms with Crippen molar-refractivity contribution in [1.82, 2.24) is 0 Å². The normalized spacial score (nSPS) is 17.1. The molecule has 1 aromatic rings. The molecule has 106 valence electrons. The van der Waals surface area contributed by atoms with E-state index < -0.39 is 0 Å². The number of nitrogens with one attached hydrogen (secondary N) is 1. The van der Waals surface area contributed by atoms with Gasteiger partial charge in [0.05, 0.1) is 17.5 Å². The van der Waals surface area contributed by atoms with Crippen LogP contribution in [0.3, 0.4) is 0 Å². The Hall–Kier alpha value is -1.38. The molecule has 0 bridgehead atoms. The Kier molecular flexibility index (Phi) is 4.23. The molecule has 1 fully saturated rings. The number of nitrogen functional groups attached to an aromatic ring is 1. The fraction of sp³-hybridized carbons (Fsp3) is 0.625. The molecule has 0 radical (unpaired) electrons. The van der Waals surface area contributed by atoms with Crippen LogP contribution in [0.15, 0.2) is 18.2 Å². The minimum Gasteiger partial charge on any atom is -0.489 e. The molecule has 1 saturated carbocycles. The van der Waals surface area contributed by atoms with E-state index in [1.165, 1.54) is 25.7 Å².